The van der Waals surface area contributed by atoms with Crippen molar-refractivity contribution in [1.82, 2.24) is 10.6 Å². The number of hydrogen-bond donors (Lipinski definition) is 4. The second kappa shape index (κ2) is 9.98. The van der Waals surface area contributed by atoms with Gasteiger partial charge in [-0.05, 0) is 36.5 Å². The molecule has 1 atom stereocenters. The molecule has 7 nitrogen and oxygen atoms in total. The Morgan fingerprint density at radius 3 is 2.44 bits per heavy atom. The molecule has 4 N–H and O–H groups in total. The molecule has 1 unspecified atom stereocenters. The van der Waals surface area contributed by atoms with Crippen molar-refractivity contribution < 1.29 is 19.8 Å². The number of hydrogen-bond acceptors (Lipinski definition) is 5. The molecule has 134 valence electrons. The summed E-state index contributed by atoms with van der Waals surface area (Å²) in [6.45, 7) is 4.10. The third kappa shape index (κ3) is 7.40. The molecule has 0 heterocycles. The normalized spacial score (nSPS) is 12.3. The number of carbonyl (C=O) groups is 2. The Labute approximate surface area is 147 Å². The molecule has 0 fully saturated rings. The fourth-order valence-corrected chi connectivity index (χ4v) is 2.12. The molecule has 0 aliphatic heterocycles. The van der Waals surface area contributed by atoms with Crippen LogP contribution in [-0.2, 0) is 16.0 Å². The van der Waals surface area contributed by atoms with Gasteiger partial charge in [0, 0.05) is 12.7 Å². The van der Waals surface area contributed by atoms with Crippen LogP contribution in [0.5, 0.6) is 5.75 Å². The number of nitrogens with one attached hydrogen (secondary N) is 2. The summed E-state index contributed by atoms with van der Waals surface area (Å²) in [7, 11) is 0. The van der Waals surface area contributed by atoms with E-state index in [4.69, 9.17) is 10.4 Å². The smallest absolute Gasteiger partial charge is 0.326 e. The first-order valence-corrected chi connectivity index (χ1v) is 7.98. The molecule has 0 saturated carbocycles. The second-order valence-corrected chi connectivity index (χ2v) is 6.03. The van der Waals surface area contributed by atoms with E-state index in [-0.39, 0.29) is 17.2 Å². The van der Waals surface area contributed by atoms with Gasteiger partial charge in [-0.15, -0.1) is 0 Å². The van der Waals surface area contributed by atoms with Crippen molar-refractivity contribution in [2.24, 2.45) is 5.92 Å². The van der Waals surface area contributed by atoms with E-state index < -0.39 is 17.9 Å². The van der Waals surface area contributed by atoms with E-state index in [1.54, 1.807) is 30.3 Å². The van der Waals surface area contributed by atoms with Crippen LogP contribution in [0.3, 0.4) is 0 Å². The molecule has 0 aromatic heterocycles. The van der Waals surface area contributed by atoms with Crippen LogP contribution in [0.15, 0.2) is 36.0 Å². The van der Waals surface area contributed by atoms with Gasteiger partial charge in [0.1, 0.15) is 23.4 Å². The van der Waals surface area contributed by atoms with Crippen molar-refractivity contribution in [2.75, 3.05) is 6.54 Å². The number of carboxylic acid groups (broad SMARTS) is 1. The van der Waals surface area contributed by atoms with Gasteiger partial charge in [0.25, 0.3) is 5.91 Å². The van der Waals surface area contributed by atoms with Crippen LogP contribution < -0.4 is 10.6 Å². The number of phenols is 1. The zero-order valence-electron chi connectivity index (χ0n) is 14.3. The number of aliphatic carboxylic acids is 1. The van der Waals surface area contributed by atoms with Gasteiger partial charge >= 0.3 is 5.97 Å². The highest BCUT2D eigenvalue weighted by Crippen LogP contribution is 2.09. The van der Waals surface area contributed by atoms with Crippen molar-refractivity contribution in [1.29, 1.82) is 5.26 Å². The first-order valence-electron chi connectivity index (χ1n) is 7.98. The van der Waals surface area contributed by atoms with Crippen molar-refractivity contribution in [3.05, 3.63) is 41.6 Å². The Morgan fingerprint density at radius 1 is 1.28 bits per heavy atom. The molecule has 0 radical (unpaired) electrons. The lowest BCUT2D eigenvalue weighted by Gasteiger charge is -2.15. The monoisotopic (exact) mass is 345 g/mol. The predicted octanol–water partition coefficient (Wildman–Crippen LogP) is 1.55. The zero-order chi connectivity index (χ0) is 18.8. The predicted molar refractivity (Wildman–Crippen MR) is 92.5 cm³/mol. The number of rotatable bonds is 9. The number of carboxylic acids is 1. The summed E-state index contributed by atoms with van der Waals surface area (Å²) in [6, 6.07) is 7.52. The van der Waals surface area contributed by atoms with Gasteiger partial charge in [-0.25, -0.2) is 4.79 Å². The van der Waals surface area contributed by atoms with E-state index >= 15 is 0 Å². The van der Waals surface area contributed by atoms with E-state index in [0.29, 0.717) is 19.4 Å². The summed E-state index contributed by atoms with van der Waals surface area (Å²) in [5, 5.41) is 32.7. The maximum Gasteiger partial charge on any atom is 0.326 e. The lowest BCUT2D eigenvalue weighted by molar-refractivity contribution is -0.139. The fraction of sp³-hybridized carbons (Fsp3) is 0.389. The molecule has 0 aliphatic carbocycles. The molecule has 1 rings (SSSR count). The SMILES string of the molecule is CC(C)CC(N/C=C(/C#N)C(=O)NCCc1ccc(O)cc1)C(=O)O. The number of nitrogens with zero attached hydrogens (tertiary/aromatic N) is 1. The summed E-state index contributed by atoms with van der Waals surface area (Å²) in [4.78, 5) is 23.2. The van der Waals surface area contributed by atoms with Gasteiger partial charge in [0.2, 0.25) is 0 Å². The summed E-state index contributed by atoms with van der Waals surface area (Å²) < 4.78 is 0. The fourth-order valence-electron chi connectivity index (χ4n) is 2.12. The van der Waals surface area contributed by atoms with Crippen LogP contribution in [0.1, 0.15) is 25.8 Å². The Bertz CT molecular complexity index is 660. The molecule has 0 bridgehead atoms. The number of phenolic OH excluding ortho intramolecular Hbond substituents is 1. The first kappa shape index (κ1) is 20.0. The Morgan fingerprint density at radius 2 is 1.92 bits per heavy atom. The quantitative estimate of drug-likeness (QED) is 0.398. The summed E-state index contributed by atoms with van der Waals surface area (Å²) in [5.41, 5.74) is 0.752. The van der Waals surface area contributed by atoms with Crippen LogP contribution >= 0.6 is 0 Å². The maximum atomic E-state index is 12.0. The molecular formula is C18H23N3O4. The molecule has 0 saturated heterocycles. The Balaban J connectivity index is 2.56. The summed E-state index contributed by atoms with van der Waals surface area (Å²) in [6.07, 6.45) is 2.08. The zero-order valence-corrected chi connectivity index (χ0v) is 14.3. The van der Waals surface area contributed by atoms with Gasteiger partial charge in [0.15, 0.2) is 0 Å². The number of nitriles is 1. The van der Waals surface area contributed by atoms with Gasteiger partial charge in [-0.2, -0.15) is 5.26 Å². The largest absolute Gasteiger partial charge is 0.508 e. The first-order chi connectivity index (χ1) is 11.8. The minimum Gasteiger partial charge on any atom is -0.508 e. The third-order valence-electron chi connectivity index (χ3n) is 3.43. The van der Waals surface area contributed by atoms with Crippen LogP contribution in [-0.4, -0.2) is 34.7 Å². The van der Waals surface area contributed by atoms with Gasteiger partial charge in [-0.1, -0.05) is 26.0 Å². The summed E-state index contributed by atoms with van der Waals surface area (Å²) in [5.74, 6) is -1.27. The summed E-state index contributed by atoms with van der Waals surface area (Å²) >= 11 is 0. The maximum absolute atomic E-state index is 12.0. The number of carbonyl (C=O) groups excluding carboxylic acids is 1. The number of aromatic hydroxyl groups is 1. The van der Waals surface area contributed by atoms with E-state index in [1.807, 2.05) is 13.8 Å². The van der Waals surface area contributed by atoms with E-state index in [2.05, 4.69) is 10.6 Å². The third-order valence-corrected chi connectivity index (χ3v) is 3.43. The van der Waals surface area contributed by atoms with Crippen LogP contribution in [0.25, 0.3) is 0 Å². The minimum atomic E-state index is -1.03. The minimum absolute atomic E-state index is 0.159. The highest BCUT2D eigenvalue weighted by atomic mass is 16.4. The Hall–Kier alpha value is -3.01. The van der Waals surface area contributed by atoms with Crippen molar-refractivity contribution in [3.63, 3.8) is 0 Å². The highest BCUT2D eigenvalue weighted by molar-refractivity contribution is 5.97. The van der Waals surface area contributed by atoms with E-state index in [1.165, 1.54) is 0 Å². The lowest BCUT2D eigenvalue weighted by Crippen LogP contribution is -2.35. The van der Waals surface area contributed by atoms with Crippen LogP contribution in [0.2, 0.25) is 0 Å². The van der Waals surface area contributed by atoms with Crippen LogP contribution in [0, 0.1) is 17.2 Å². The van der Waals surface area contributed by atoms with Gasteiger partial charge in [-0.3, -0.25) is 4.79 Å². The molecule has 1 aromatic carbocycles. The van der Waals surface area contributed by atoms with Crippen molar-refractivity contribution >= 4 is 11.9 Å². The molecule has 25 heavy (non-hydrogen) atoms. The van der Waals surface area contributed by atoms with Crippen molar-refractivity contribution in [3.8, 4) is 11.8 Å². The molecule has 1 aromatic rings. The molecule has 0 spiro atoms. The van der Waals surface area contributed by atoms with Gasteiger partial charge < -0.3 is 20.8 Å². The molecular weight excluding hydrogens is 322 g/mol. The molecule has 0 aliphatic rings. The van der Waals surface area contributed by atoms with Gasteiger partial charge in [0.05, 0.1) is 0 Å². The molecule has 7 heteroatoms. The molecule has 1 amide bonds. The second-order valence-electron chi connectivity index (χ2n) is 6.03. The average molecular weight is 345 g/mol. The average Bonchev–Trinajstić information content (AvgIpc) is 2.55. The lowest BCUT2D eigenvalue weighted by atomic mass is 10.0. The number of benzene rings is 1. The topological polar surface area (TPSA) is 122 Å². The van der Waals surface area contributed by atoms with E-state index in [9.17, 15) is 14.7 Å². The Kier molecular flexibility index (Phi) is 8.00. The van der Waals surface area contributed by atoms with E-state index in [0.717, 1.165) is 11.8 Å². The number of amides is 1. The van der Waals surface area contributed by atoms with Crippen LogP contribution in [0.4, 0.5) is 0 Å². The standard InChI is InChI=1S/C18H23N3O4/c1-12(2)9-16(18(24)25)21-11-14(10-19)17(23)20-8-7-13-3-5-15(22)6-4-13/h3-6,11-12,16,21-22H,7-9H2,1-2H3,(H,20,23)(H,24,25)/b14-11-. The van der Waals surface area contributed by atoms with Crippen molar-refractivity contribution in [2.45, 2.75) is 32.7 Å². The highest BCUT2D eigenvalue weighted by Gasteiger charge is 2.18.